The van der Waals surface area contributed by atoms with E-state index in [0.29, 0.717) is 17.3 Å². The van der Waals surface area contributed by atoms with Gasteiger partial charge in [-0.15, -0.1) is 0 Å². The molecule has 2 saturated carbocycles. The van der Waals surface area contributed by atoms with Crippen LogP contribution in [0.5, 0.6) is 0 Å². The maximum absolute atomic E-state index is 12.9. The number of fused-ring (bicyclic) bond motifs is 2. The van der Waals surface area contributed by atoms with E-state index in [1.54, 1.807) is 0 Å². The third-order valence-electron chi connectivity index (χ3n) is 4.41. The summed E-state index contributed by atoms with van der Waals surface area (Å²) in [5.41, 5.74) is 5.62. The molecule has 2 fully saturated rings. The number of hydrogen-bond donors (Lipinski definition) is 1. The lowest BCUT2D eigenvalue weighted by atomic mass is 9.88. The summed E-state index contributed by atoms with van der Waals surface area (Å²) in [6.45, 7) is 0.0661. The number of aromatic nitrogens is 2. The molecule has 2 bridgehead atoms. The fourth-order valence-electron chi connectivity index (χ4n) is 3.52. The van der Waals surface area contributed by atoms with Crippen LogP contribution >= 0.6 is 0 Å². The highest BCUT2D eigenvalue weighted by Crippen LogP contribution is 2.52. The molecule has 0 saturated heterocycles. The Labute approximate surface area is 105 Å². The van der Waals surface area contributed by atoms with Gasteiger partial charge in [-0.3, -0.25) is 0 Å². The first-order valence-electron chi connectivity index (χ1n) is 6.53. The van der Waals surface area contributed by atoms with Gasteiger partial charge in [-0.05, 0) is 31.1 Å². The van der Waals surface area contributed by atoms with Crippen molar-refractivity contribution in [3.8, 4) is 0 Å². The Morgan fingerprint density at radius 2 is 2.17 bits per heavy atom. The molecule has 18 heavy (non-hydrogen) atoms. The van der Waals surface area contributed by atoms with Crippen LogP contribution in [0, 0.1) is 11.8 Å². The number of nitrogens with two attached hydrogens (primary N) is 1. The normalized spacial score (nSPS) is 30.3. The second-order valence-electron chi connectivity index (χ2n) is 5.42. The molecule has 0 aliphatic heterocycles. The third kappa shape index (κ3) is 1.90. The first-order chi connectivity index (χ1) is 8.69. The minimum absolute atomic E-state index is 0.0661. The number of halogens is 2. The fraction of sp³-hybridized carbons (Fsp3) is 0.692. The van der Waals surface area contributed by atoms with Gasteiger partial charge in [0.25, 0.3) is 6.43 Å². The Hall–Kier alpha value is -1.10. The maximum Gasteiger partial charge on any atom is 0.280 e. The molecule has 1 aromatic rings. The highest BCUT2D eigenvalue weighted by atomic mass is 19.3. The van der Waals surface area contributed by atoms with Crippen LogP contribution in [0.15, 0.2) is 6.20 Å². The Morgan fingerprint density at radius 1 is 1.33 bits per heavy atom. The second kappa shape index (κ2) is 4.53. The van der Waals surface area contributed by atoms with Gasteiger partial charge in [0.15, 0.2) is 0 Å². The van der Waals surface area contributed by atoms with Crippen molar-refractivity contribution in [2.45, 2.75) is 44.6 Å². The van der Waals surface area contributed by atoms with Crippen LogP contribution in [0.3, 0.4) is 0 Å². The minimum atomic E-state index is -2.57. The second-order valence-corrected chi connectivity index (χ2v) is 5.42. The van der Waals surface area contributed by atoms with Crippen molar-refractivity contribution in [1.82, 2.24) is 9.97 Å². The number of alkyl halides is 2. The van der Waals surface area contributed by atoms with Crippen LogP contribution in [-0.2, 0) is 6.54 Å². The van der Waals surface area contributed by atoms with Crippen molar-refractivity contribution in [1.29, 1.82) is 0 Å². The molecule has 0 aromatic carbocycles. The molecular formula is C13H17F2N3. The van der Waals surface area contributed by atoms with Crippen LogP contribution in [0.1, 0.15) is 55.1 Å². The Morgan fingerprint density at radius 3 is 2.72 bits per heavy atom. The Kier molecular flexibility index (Phi) is 3.01. The fourth-order valence-corrected chi connectivity index (χ4v) is 3.52. The predicted octanol–water partition coefficient (Wildman–Crippen LogP) is 2.78. The van der Waals surface area contributed by atoms with Crippen LogP contribution in [0.25, 0.3) is 0 Å². The first-order valence-corrected chi connectivity index (χ1v) is 6.53. The zero-order valence-corrected chi connectivity index (χ0v) is 10.1. The van der Waals surface area contributed by atoms with Crippen LogP contribution in [0.4, 0.5) is 8.78 Å². The molecule has 0 radical (unpaired) electrons. The lowest BCUT2D eigenvalue weighted by Gasteiger charge is -2.21. The summed E-state index contributed by atoms with van der Waals surface area (Å²) in [5, 5.41) is 0. The lowest BCUT2D eigenvalue weighted by Crippen LogP contribution is -2.15. The Bertz CT molecular complexity index is 450. The topological polar surface area (TPSA) is 51.8 Å². The zero-order valence-electron chi connectivity index (χ0n) is 10.1. The summed E-state index contributed by atoms with van der Waals surface area (Å²) in [7, 11) is 0. The lowest BCUT2D eigenvalue weighted by molar-refractivity contribution is 0.144. The van der Waals surface area contributed by atoms with Gasteiger partial charge >= 0.3 is 0 Å². The van der Waals surface area contributed by atoms with Crippen LogP contribution < -0.4 is 5.73 Å². The van der Waals surface area contributed by atoms with Crippen LogP contribution in [0.2, 0.25) is 0 Å². The van der Waals surface area contributed by atoms with Gasteiger partial charge in [-0.1, -0.05) is 6.42 Å². The Balaban J connectivity index is 1.91. The molecule has 1 heterocycles. The molecule has 0 spiro atoms. The van der Waals surface area contributed by atoms with Gasteiger partial charge < -0.3 is 5.73 Å². The smallest absolute Gasteiger partial charge is 0.280 e. The molecule has 98 valence electrons. The third-order valence-corrected chi connectivity index (χ3v) is 4.41. The molecule has 2 aliphatic rings. The van der Waals surface area contributed by atoms with E-state index < -0.39 is 6.43 Å². The van der Waals surface area contributed by atoms with Crippen molar-refractivity contribution in [3.05, 3.63) is 23.3 Å². The monoisotopic (exact) mass is 253 g/mol. The van der Waals surface area contributed by atoms with E-state index >= 15 is 0 Å². The van der Waals surface area contributed by atoms with E-state index in [1.165, 1.54) is 25.5 Å². The quantitative estimate of drug-likeness (QED) is 0.901. The van der Waals surface area contributed by atoms with Crippen LogP contribution in [-0.4, -0.2) is 9.97 Å². The van der Waals surface area contributed by atoms with Gasteiger partial charge in [-0.2, -0.15) is 0 Å². The maximum atomic E-state index is 12.9. The molecule has 3 unspecified atom stereocenters. The SMILES string of the molecule is NCc1cnc(C2CC3CCC2C3)nc1C(F)F. The van der Waals surface area contributed by atoms with E-state index in [1.807, 2.05) is 0 Å². The zero-order chi connectivity index (χ0) is 12.7. The number of rotatable bonds is 3. The van der Waals surface area contributed by atoms with E-state index in [2.05, 4.69) is 9.97 Å². The molecule has 2 aliphatic carbocycles. The average Bonchev–Trinajstić information content (AvgIpc) is 3.00. The molecule has 5 heteroatoms. The first kappa shape index (κ1) is 12.0. The predicted molar refractivity (Wildman–Crippen MR) is 63.1 cm³/mol. The van der Waals surface area contributed by atoms with Crippen molar-refractivity contribution in [2.75, 3.05) is 0 Å². The van der Waals surface area contributed by atoms with Gasteiger partial charge in [-0.25, -0.2) is 18.7 Å². The van der Waals surface area contributed by atoms with Gasteiger partial charge in [0.2, 0.25) is 0 Å². The molecule has 3 nitrogen and oxygen atoms in total. The summed E-state index contributed by atoms with van der Waals surface area (Å²) >= 11 is 0. The standard InChI is InChI=1S/C13H17F2N3/c14-12(15)11-9(5-16)6-17-13(18-11)10-4-7-1-2-8(10)3-7/h6-8,10,12H,1-5,16H2. The van der Waals surface area contributed by atoms with Crippen molar-refractivity contribution in [3.63, 3.8) is 0 Å². The van der Waals surface area contributed by atoms with Gasteiger partial charge in [0.05, 0.1) is 0 Å². The highest BCUT2D eigenvalue weighted by molar-refractivity contribution is 5.21. The minimum Gasteiger partial charge on any atom is -0.326 e. The van der Waals surface area contributed by atoms with Gasteiger partial charge in [0.1, 0.15) is 11.5 Å². The highest BCUT2D eigenvalue weighted by Gasteiger charge is 2.41. The van der Waals surface area contributed by atoms with E-state index in [-0.39, 0.29) is 18.2 Å². The molecule has 3 atom stereocenters. The summed E-state index contributed by atoms with van der Waals surface area (Å²) in [4.78, 5) is 8.37. The van der Waals surface area contributed by atoms with Crippen molar-refractivity contribution < 1.29 is 8.78 Å². The molecule has 3 rings (SSSR count). The van der Waals surface area contributed by atoms with E-state index in [4.69, 9.17) is 5.73 Å². The molecular weight excluding hydrogens is 236 g/mol. The summed E-state index contributed by atoms with van der Waals surface area (Å²) < 4.78 is 25.8. The average molecular weight is 253 g/mol. The summed E-state index contributed by atoms with van der Waals surface area (Å²) in [5.74, 6) is 2.25. The number of hydrogen-bond acceptors (Lipinski definition) is 3. The van der Waals surface area contributed by atoms with Crippen molar-refractivity contribution in [2.24, 2.45) is 17.6 Å². The van der Waals surface area contributed by atoms with Gasteiger partial charge in [0, 0.05) is 24.2 Å². The molecule has 0 amide bonds. The van der Waals surface area contributed by atoms with E-state index in [9.17, 15) is 8.78 Å². The summed E-state index contributed by atoms with van der Waals surface area (Å²) in [6.07, 6.45) is 3.68. The summed E-state index contributed by atoms with van der Waals surface area (Å²) in [6, 6.07) is 0. The molecule has 2 N–H and O–H groups in total. The van der Waals surface area contributed by atoms with Crippen molar-refractivity contribution >= 4 is 0 Å². The van der Waals surface area contributed by atoms with E-state index in [0.717, 1.165) is 12.3 Å². The molecule has 1 aromatic heterocycles. The number of nitrogens with zero attached hydrogens (tertiary/aromatic N) is 2. The largest absolute Gasteiger partial charge is 0.326 e.